The highest BCUT2D eigenvalue weighted by molar-refractivity contribution is 5.85. The molecule has 0 heterocycles. The minimum atomic E-state index is -0.904. The fourth-order valence-corrected chi connectivity index (χ4v) is 2.28. The number of aliphatic carboxylic acids is 1. The van der Waals surface area contributed by atoms with Crippen LogP contribution in [0.15, 0.2) is 24.3 Å². The van der Waals surface area contributed by atoms with E-state index in [0.29, 0.717) is 13.1 Å². The van der Waals surface area contributed by atoms with E-state index in [4.69, 9.17) is 5.11 Å². The average molecular weight is 343 g/mol. The molecule has 0 spiro atoms. The number of hydrogen-bond acceptors (Lipinski definition) is 3. The van der Waals surface area contributed by atoms with Crippen molar-refractivity contribution in [1.29, 1.82) is 0 Å². The summed E-state index contributed by atoms with van der Waals surface area (Å²) >= 11 is 0. The van der Waals surface area contributed by atoms with Crippen molar-refractivity contribution < 1.29 is 14.7 Å². The topological polar surface area (TPSA) is 60.9 Å². The summed E-state index contributed by atoms with van der Waals surface area (Å²) in [6.45, 7) is 5.27. The van der Waals surface area contributed by atoms with E-state index in [0.717, 1.165) is 18.4 Å². The first-order valence-corrected chi connectivity index (χ1v) is 7.72. The number of aryl methyl sites for hydroxylation is 1. The maximum absolute atomic E-state index is 12.2. The van der Waals surface area contributed by atoms with Crippen molar-refractivity contribution in [2.24, 2.45) is 0 Å². The molecule has 1 aromatic rings. The van der Waals surface area contributed by atoms with Gasteiger partial charge in [-0.3, -0.25) is 14.5 Å². The average Bonchev–Trinajstić information content (AvgIpc) is 2.47. The number of benzene rings is 1. The molecule has 0 unspecified atom stereocenters. The highest BCUT2D eigenvalue weighted by atomic mass is 35.5. The number of rotatable bonds is 9. The van der Waals surface area contributed by atoms with Crippen LogP contribution >= 0.6 is 12.4 Å². The van der Waals surface area contributed by atoms with Gasteiger partial charge in [0.15, 0.2) is 0 Å². The number of amides is 1. The number of halogens is 1. The molecule has 23 heavy (non-hydrogen) atoms. The summed E-state index contributed by atoms with van der Waals surface area (Å²) in [5.41, 5.74) is 2.35. The smallest absolute Gasteiger partial charge is 0.317 e. The number of carbonyl (C=O) groups is 2. The fourth-order valence-electron chi connectivity index (χ4n) is 2.28. The van der Waals surface area contributed by atoms with Crippen LogP contribution in [0.25, 0.3) is 0 Å². The van der Waals surface area contributed by atoms with Crippen molar-refractivity contribution in [3.05, 3.63) is 35.4 Å². The maximum atomic E-state index is 12.2. The highest BCUT2D eigenvalue weighted by Gasteiger charge is 2.16. The van der Waals surface area contributed by atoms with Gasteiger partial charge in [-0.1, -0.05) is 38.1 Å². The third-order valence-corrected chi connectivity index (χ3v) is 3.53. The van der Waals surface area contributed by atoms with Gasteiger partial charge in [0, 0.05) is 13.6 Å². The lowest BCUT2D eigenvalue weighted by Crippen LogP contribution is -2.40. The molecule has 130 valence electrons. The first-order chi connectivity index (χ1) is 10.5. The molecule has 0 fully saturated rings. The normalized spacial score (nSPS) is 10.3. The minimum absolute atomic E-state index is 0. The lowest BCUT2D eigenvalue weighted by atomic mass is 10.1. The Morgan fingerprint density at radius 3 is 2.09 bits per heavy atom. The van der Waals surface area contributed by atoms with E-state index >= 15 is 0 Å². The molecule has 6 heteroatoms. The van der Waals surface area contributed by atoms with Crippen LogP contribution in [0.1, 0.15) is 31.4 Å². The molecule has 1 N–H and O–H groups in total. The number of nitrogens with zero attached hydrogens (tertiary/aromatic N) is 2. The predicted molar refractivity (Wildman–Crippen MR) is 93.9 cm³/mol. The van der Waals surface area contributed by atoms with Gasteiger partial charge in [0.05, 0.1) is 13.1 Å². The van der Waals surface area contributed by atoms with E-state index in [9.17, 15) is 9.59 Å². The Labute approximate surface area is 144 Å². The molecular formula is C17H27ClN2O3. The first kappa shape index (κ1) is 21.4. The second-order valence-corrected chi connectivity index (χ2v) is 5.52. The van der Waals surface area contributed by atoms with Crippen LogP contribution in [0.5, 0.6) is 0 Å². The third-order valence-electron chi connectivity index (χ3n) is 3.53. The van der Waals surface area contributed by atoms with Crippen molar-refractivity contribution in [3.8, 4) is 0 Å². The fraction of sp³-hybridized carbons (Fsp3) is 0.529. The number of carboxylic acids is 1. The van der Waals surface area contributed by atoms with Gasteiger partial charge in [0.2, 0.25) is 5.91 Å². The van der Waals surface area contributed by atoms with Gasteiger partial charge in [-0.05, 0) is 30.5 Å². The van der Waals surface area contributed by atoms with Crippen LogP contribution < -0.4 is 0 Å². The summed E-state index contributed by atoms with van der Waals surface area (Å²) in [5, 5.41) is 8.88. The minimum Gasteiger partial charge on any atom is -0.480 e. The molecule has 0 saturated heterocycles. The molecule has 0 aliphatic carbocycles. The van der Waals surface area contributed by atoms with E-state index in [1.54, 1.807) is 16.8 Å². The number of carboxylic acid groups (broad SMARTS) is 1. The predicted octanol–water partition coefficient (Wildman–Crippen LogP) is 2.43. The van der Waals surface area contributed by atoms with Crippen molar-refractivity contribution in [2.75, 3.05) is 26.7 Å². The zero-order valence-corrected chi connectivity index (χ0v) is 14.9. The monoisotopic (exact) mass is 342 g/mol. The molecule has 0 atom stereocenters. The molecule has 0 aliphatic heterocycles. The van der Waals surface area contributed by atoms with Crippen LogP contribution in [0.2, 0.25) is 0 Å². The highest BCUT2D eigenvalue weighted by Crippen LogP contribution is 2.08. The van der Waals surface area contributed by atoms with Gasteiger partial charge in [0.1, 0.15) is 0 Å². The molecular weight excluding hydrogens is 316 g/mol. The lowest BCUT2D eigenvalue weighted by Gasteiger charge is -2.23. The Hall–Kier alpha value is -1.59. The quantitative estimate of drug-likeness (QED) is 0.748. The van der Waals surface area contributed by atoms with Crippen LogP contribution in [0.3, 0.4) is 0 Å². The number of hydrogen-bond donors (Lipinski definition) is 1. The molecule has 5 nitrogen and oxygen atoms in total. The SMILES string of the molecule is CCCN(CC(=O)O)CC(=O)N(C)Cc1ccc(CC)cc1.Cl. The second kappa shape index (κ2) is 11.0. The van der Waals surface area contributed by atoms with Gasteiger partial charge in [-0.15, -0.1) is 12.4 Å². The van der Waals surface area contributed by atoms with Gasteiger partial charge in [0.25, 0.3) is 0 Å². The van der Waals surface area contributed by atoms with Gasteiger partial charge < -0.3 is 10.0 Å². The summed E-state index contributed by atoms with van der Waals surface area (Å²) in [6.07, 6.45) is 1.82. The molecule has 0 radical (unpaired) electrons. The largest absolute Gasteiger partial charge is 0.480 e. The van der Waals surface area contributed by atoms with E-state index < -0.39 is 5.97 Å². The molecule has 1 amide bonds. The maximum Gasteiger partial charge on any atom is 0.317 e. The van der Waals surface area contributed by atoms with Crippen molar-refractivity contribution >= 4 is 24.3 Å². The third kappa shape index (κ3) is 8.00. The van der Waals surface area contributed by atoms with Crippen molar-refractivity contribution in [2.45, 2.75) is 33.2 Å². The molecule has 1 aromatic carbocycles. The second-order valence-electron chi connectivity index (χ2n) is 5.52. The van der Waals surface area contributed by atoms with E-state index in [2.05, 4.69) is 19.1 Å². The van der Waals surface area contributed by atoms with Crippen LogP contribution in [-0.2, 0) is 22.6 Å². The number of carbonyl (C=O) groups excluding carboxylic acids is 1. The van der Waals surface area contributed by atoms with Gasteiger partial charge in [-0.2, -0.15) is 0 Å². The Bertz CT molecular complexity index is 491. The lowest BCUT2D eigenvalue weighted by molar-refractivity contribution is -0.139. The van der Waals surface area contributed by atoms with Crippen LogP contribution in [-0.4, -0.2) is 53.5 Å². The van der Waals surface area contributed by atoms with Crippen LogP contribution in [0, 0.1) is 0 Å². The van der Waals surface area contributed by atoms with Crippen molar-refractivity contribution in [1.82, 2.24) is 9.80 Å². The Kier molecular flexibility index (Phi) is 10.3. The first-order valence-electron chi connectivity index (χ1n) is 7.72. The zero-order valence-electron chi connectivity index (χ0n) is 14.1. The van der Waals surface area contributed by atoms with Crippen molar-refractivity contribution in [3.63, 3.8) is 0 Å². The summed E-state index contributed by atoms with van der Waals surface area (Å²) in [6, 6.07) is 8.20. The van der Waals surface area contributed by atoms with Crippen LogP contribution in [0.4, 0.5) is 0 Å². The Balaban J connectivity index is 0.00000484. The molecule has 0 aliphatic rings. The van der Waals surface area contributed by atoms with E-state index in [1.807, 2.05) is 19.1 Å². The Morgan fingerprint density at radius 1 is 1.04 bits per heavy atom. The van der Waals surface area contributed by atoms with E-state index in [-0.39, 0.29) is 31.4 Å². The molecule has 0 bridgehead atoms. The summed E-state index contributed by atoms with van der Waals surface area (Å²) in [5.74, 6) is -0.965. The molecule has 0 aromatic heterocycles. The summed E-state index contributed by atoms with van der Waals surface area (Å²) < 4.78 is 0. The molecule has 0 saturated carbocycles. The summed E-state index contributed by atoms with van der Waals surface area (Å²) in [4.78, 5) is 26.4. The van der Waals surface area contributed by atoms with E-state index in [1.165, 1.54) is 5.56 Å². The number of likely N-dealkylation sites (N-methyl/N-ethyl adjacent to an activating group) is 1. The standard InChI is InChI=1S/C17H26N2O3.ClH/c1-4-10-19(13-17(21)22)12-16(20)18(3)11-15-8-6-14(5-2)7-9-15;/h6-9H,4-5,10-13H2,1-3H3,(H,21,22);1H. The summed E-state index contributed by atoms with van der Waals surface area (Å²) in [7, 11) is 1.75. The van der Waals surface area contributed by atoms with Gasteiger partial charge >= 0.3 is 5.97 Å². The zero-order chi connectivity index (χ0) is 16.5. The molecule has 1 rings (SSSR count). The Morgan fingerprint density at radius 2 is 1.61 bits per heavy atom. The van der Waals surface area contributed by atoms with Gasteiger partial charge in [-0.25, -0.2) is 0 Å².